The van der Waals surface area contributed by atoms with Crippen LogP contribution < -0.4 is 0 Å². The smallest absolute Gasteiger partial charge is 0.340 e. The van der Waals surface area contributed by atoms with Crippen molar-refractivity contribution in [3.63, 3.8) is 0 Å². The molecule has 1 aromatic rings. The summed E-state index contributed by atoms with van der Waals surface area (Å²) < 4.78 is 24.6. The van der Waals surface area contributed by atoms with Crippen molar-refractivity contribution in [3.05, 3.63) is 23.0 Å². The van der Waals surface area contributed by atoms with Gasteiger partial charge >= 0.3 is 5.97 Å². The Hall–Kier alpha value is -1.72. The fraction of sp³-hybridized carbons (Fsp3) is 0.250. The molecular weight excluding hydrogens is 196 g/mol. The number of nitrogens with zero attached hydrogens (tertiary/aromatic N) is 1. The minimum absolute atomic E-state index is 0.00630. The number of aryl methyl sites for hydroxylation is 1. The number of aromatic hydroxyl groups is 1. The van der Waals surface area contributed by atoms with Gasteiger partial charge in [0.1, 0.15) is 5.56 Å². The topological polar surface area (TPSA) is 70.4 Å². The van der Waals surface area contributed by atoms with E-state index in [-0.39, 0.29) is 5.69 Å². The molecule has 6 heteroatoms. The third kappa shape index (κ3) is 1.63. The number of carbonyl (C=O) groups is 1. The van der Waals surface area contributed by atoms with Crippen LogP contribution in [0, 0.1) is 6.92 Å². The van der Waals surface area contributed by atoms with Gasteiger partial charge in [-0.25, -0.2) is 13.6 Å². The summed E-state index contributed by atoms with van der Waals surface area (Å²) in [6.45, 7) is 1.33. The van der Waals surface area contributed by atoms with Gasteiger partial charge in [-0.05, 0) is 6.92 Å². The highest BCUT2D eigenvalue weighted by atomic mass is 19.3. The molecule has 0 spiro atoms. The lowest BCUT2D eigenvalue weighted by Crippen LogP contribution is -2.05. The van der Waals surface area contributed by atoms with Crippen molar-refractivity contribution in [1.29, 1.82) is 0 Å². The number of pyridine rings is 1. The van der Waals surface area contributed by atoms with Crippen LogP contribution in [0.2, 0.25) is 0 Å². The molecule has 0 atom stereocenters. The molecule has 0 saturated heterocycles. The summed E-state index contributed by atoms with van der Waals surface area (Å²) >= 11 is 0. The Labute approximate surface area is 77.8 Å². The van der Waals surface area contributed by atoms with Gasteiger partial charge in [0.05, 0.1) is 11.3 Å². The van der Waals surface area contributed by atoms with E-state index >= 15 is 0 Å². The van der Waals surface area contributed by atoms with Crippen molar-refractivity contribution in [2.45, 2.75) is 13.3 Å². The maximum Gasteiger partial charge on any atom is 0.340 e. The zero-order valence-corrected chi connectivity index (χ0v) is 7.16. The summed E-state index contributed by atoms with van der Waals surface area (Å²) in [5, 5.41) is 17.8. The van der Waals surface area contributed by atoms with Crippen molar-refractivity contribution in [2.24, 2.45) is 0 Å². The van der Waals surface area contributed by atoms with Gasteiger partial charge < -0.3 is 10.2 Å². The molecule has 1 rings (SSSR count). The highest BCUT2D eigenvalue weighted by Gasteiger charge is 2.23. The van der Waals surface area contributed by atoms with E-state index in [9.17, 15) is 18.7 Å². The van der Waals surface area contributed by atoms with Crippen LogP contribution in [-0.4, -0.2) is 21.2 Å². The molecule has 0 aromatic carbocycles. The van der Waals surface area contributed by atoms with Crippen LogP contribution in [0.1, 0.15) is 28.0 Å². The highest BCUT2D eigenvalue weighted by molar-refractivity contribution is 5.92. The predicted molar refractivity (Wildman–Crippen MR) is 42.6 cm³/mol. The molecule has 0 fully saturated rings. The summed E-state index contributed by atoms with van der Waals surface area (Å²) in [4.78, 5) is 14.0. The Kier molecular flexibility index (Phi) is 2.64. The quantitative estimate of drug-likeness (QED) is 0.767. The fourth-order valence-electron chi connectivity index (χ4n) is 1.000. The van der Waals surface area contributed by atoms with Crippen LogP contribution in [0.4, 0.5) is 8.78 Å². The average Bonchev–Trinajstić information content (AvgIpc) is 2.08. The number of halogens is 2. The highest BCUT2D eigenvalue weighted by Crippen LogP contribution is 2.30. The number of hydrogen-bond donors (Lipinski definition) is 2. The minimum atomic E-state index is -2.97. The number of rotatable bonds is 2. The summed E-state index contributed by atoms with van der Waals surface area (Å²) in [7, 11) is 0. The zero-order valence-electron chi connectivity index (χ0n) is 7.16. The number of aromatic carboxylic acids is 1. The predicted octanol–water partition coefficient (Wildman–Crippen LogP) is 1.73. The van der Waals surface area contributed by atoms with Crippen LogP contribution in [0.3, 0.4) is 0 Å². The van der Waals surface area contributed by atoms with E-state index in [1.807, 2.05) is 0 Å². The van der Waals surface area contributed by atoms with Crippen LogP contribution in [0.25, 0.3) is 0 Å². The molecule has 4 nitrogen and oxygen atoms in total. The van der Waals surface area contributed by atoms with Gasteiger partial charge in [-0.15, -0.1) is 0 Å². The van der Waals surface area contributed by atoms with Crippen molar-refractivity contribution in [1.82, 2.24) is 4.98 Å². The van der Waals surface area contributed by atoms with Crippen molar-refractivity contribution < 1.29 is 23.8 Å². The average molecular weight is 203 g/mol. The molecule has 14 heavy (non-hydrogen) atoms. The standard InChI is InChI=1S/C8H7F2NO3/c1-3-6(12)5(8(13)14)4(2-11-3)7(9)10/h2,7,12H,1H3,(H,13,14). The van der Waals surface area contributed by atoms with Crippen LogP contribution in [0.15, 0.2) is 6.20 Å². The first-order valence-corrected chi connectivity index (χ1v) is 3.65. The van der Waals surface area contributed by atoms with Gasteiger partial charge in [0.15, 0.2) is 5.75 Å². The molecule has 1 heterocycles. The Morgan fingerprint density at radius 1 is 1.57 bits per heavy atom. The Morgan fingerprint density at radius 3 is 2.57 bits per heavy atom. The van der Waals surface area contributed by atoms with Gasteiger partial charge in [0, 0.05) is 6.20 Å². The number of hydrogen-bond acceptors (Lipinski definition) is 3. The molecule has 2 N–H and O–H groups in total. The lowest BCUT2D eigenvalue weighted by atomic mass is 10.1. The molecule has 0 aliphatic carbocycles. The molecule has 0 saturated carbocycles. The zero-order chi connectivity index (χ0) is 10.9. The SMILES string of the molecule is Cc1ncc(C(F)F)c(C(=O)O)c1O. The van der Waals surface area contributed by atoms with Crippen molar-refractivity contribution in [3.8, 4) is 5.75 Å². The molecule has 0 unspecified atom stereocenters. The first kappa shape index (κ1) is 10.4. The summed E-state index contributed by atoms with van der Waals surface area (Å²) in [6.07, 6.45) is -2.22. The first-order valence-electron chi connectivity index (χ1n) is 3.65. The third-order valence-corrected chi connectivity index (χ3v) is 1.71. The van der Waals surface area contributed by atoms with E-state index in [2.05, 4.69) is 4.98 Å². The maximum absolute atomic E-state index is 12.3. The Morgan fingerprint density at radius 2 is 2.14 bits per heavy atom. The molecule has 0 radical (unpaired) electrons. The summed E-state index contributed by atoms with van der Waals surface area (Å²) in [5.74, 6) is -2.31. The largest absolute Gasteiger partial charge is 0.505 e. The van der Waals surface area contributed by atoms with Crippen LogP contribution in [-0.2, 0) is 0 Å². The van der Waals surface area contributed by atoms with E-state index in [4.69, 9.17) is 5.11 Å². The van der Waals surface area contributed by atoms with E-state index in [1.165, 1.54) is 6.92 Å². The minimum Gasteiger partial charge on any atom is -0.505 e. The second-order valence-corrected chi connectivity index (χ2v) is 2.63. The molecule has 0 aliphatic heterocycles. The molecule has 1 aromatic heterocycles. The second kappa shape index (κ2) is 3.57. The molecule has 76 valence electrons. The van der Waals surface area contributed by atoms with Gasteiger partial charge in [-0.1, -0.05) is 0 Å². The number of carboxylic acid groups (broad SMARTS) is 1. The van der Waals surface area contributed by atoms with E-state index < -0.39 is 29.3 Å². The summed E-state index contributed by atoms with van der Waals surface area (Å²) in [6, 6.07) is 0. The molecular formula is C8H7F2NO3. The van der Waals surface area contributed by atoms with Gasteiger partial charge in [-0.2, -0.15) is 0 Å². The number of aromatic nitrogens is 1. The van der Waals surface area contributed by atoms with Gasteiger partial charge in [0.2, 0.25) is 0 Å². The van der Waals surface area contributed by atoms with E-state index in [0.29, 0.717) is 0 Å². The van der Waals surface area contributed by atoms with Crippen molar-refractivity contribution in [2.75, 3.05) is 0 Å². The van der Waals surface area contributed by atoms with Crippen molar-refractivity contribution >= 4 is 5.97 Å². The maximum atomic E-state index is 12.3. The number of alkyl halides is 2. The Bertz CT molecular complexity index is 379. The van der Waals surface area contributed by atoms with Crippen LogP contribution >= 0.6 is 0 Å². The lowest BCUT2D eigenvalue weighted by molar-refractivity contribution is 0.0680. The van der Waals surface area contributed by atoms with Gasteiger partial charge in [-0.3, -0.25) is 4.98 Å². The molecule has 0 bridgehead atoms. The monoisotopic (exact) mass is 203 g/mol. The molecule has 0 aliphatic rings. The third-order valence-electron chi connectivity index (χ3n) is 1.71. The van der Waals surface area contributed by atoms with E-state index in [0.717, 1.165) is 6.20 Å². The first-order chi connectivity index (χ1) is 6.45. The second-order valence-electron chi connectivity index (χ2n) is 2.63. The van der Waals surface area contributed by atoms with Gasteiger partial charge in [0.25, 0.3) is 6.43 Å². The normalized spacial score (nSPS) is 10.6. The molecule has 0 amide bonds. The number of carboxylic acids is 1. The van der Waals surface area contributed by atoms with Crippen LogP contribution in [0.5, 0.6) is 5.75 Å². The summed E-state index contributed by atoms with van der Waals surface area (Å²) in [5.41, 5.74) is -1.56. The Balaban J connectivity index is 3.45. The lowest BCUT2D eigenvalue weighted by Gasteiger charge is -2.07. The fourth-order valence-corrected chi connectivity index (χ4v) is 1.000. The van der Waals surface area contributed by atoms with E-state index in [1.54, 1.807) is 0 Å².